The molecule has 0 unspecified atom stereocenters. The molecular formula is C26H28N2O3. The van der Waals surface area contributed by atoms with Crippen LogP contribution in [0.25, 0.3) is 0 Å². The predicted octanol–water partition coefficient (Wildman–Crippen LogP) is 4.80. The first kappa shape index (κ1) is 20.8. The molecular weight excluding hydrogens is 388 g/mol. The van der Waals surface area contributed by atoms with E-state index in [0.717, 1.165) is 30.5 Å². The van der Waals surface area contributed by atoms with E-state index in [-0.39, 0.29) is 17.4 Å². The van der Waals surface area contributed by atoms with Gasteiger partial charge in [-0.2, -0.15) is 0 Å². The number of rotatable bonds is 6. The normalized spacial score (nSPS) is 14.4. The highest BCUT2D eigenvalue weighted by molar-refractivity contribution is 5.97. The van der Waals surface area contributed by atoms with Crippen molar-refractivity contribution in [1.29, 1.82) is 0 Å². The van der Waals surface area contributed by atoms with Gasteiger partial charge in [0.05, 0.1) is 5.56 Å². The number of piperidine rings is 1. The lowest BCUT2D eigenvalue weighted by atomic mass is 9.90. The zero-order valence-corrected chi connectivity index (χ0v) is 17.5. The Morgan fingerprint density at radius 1 is 0.903 bits per heavy atom. The number of anilines is 1. The average Bonchev–Trinajstić information content (AvgIpc) is 2.79. The fourth-order valence-electron chi connectivity index (χ4n) is 4.15. The first-order chi connectivity index (χ1) is 15.1. The first-order valence-corrected chi connectivity index (χ1v) is 10.8. The lowest BCUT2D eigenvalue weighted by molar-refractivity contribution is 0.0687. The highest BCUT2D eigenvalue weighted by Gasteiger charge is 2.25. The number of benzene rings is 3. The lowest BCUT2D eigenvalue weighted by Crippen LogP contribution is -2.39. The molecule has 0 aliphatic carbocycles. The monoisotopic (exact) mass is 416 g/mol. The SMILES string of the molecule is O=C(c1cc(NCc2cccc(O)c2)ccc1O)N1CCC(Cc2ccccc2)CC1. The number of nitrogens with one attached hydrogen (secondary N) is 1. The van der Waals surface area contributed by atoms with E-state index < -0.39 is 0 Å². The number of aromatic hydroxyl groups is 2. The van der Waals surface area contributed by atoms with Crippen molar-refractivity contribution in [1.82, 2.24) is 4.90 Å². The van der Waals surface area contributed by atoms with Crippen LogP contribution in [0.5, 0.6) is 11.5 Å². The van der Waals surface area contributed by atoms with Crippen LogP contribution in [0, 0.1) is 5.92 Å². The quantitative estimate of drug-likeness (QED) is 0.505. The summed E-state index contributed by atoms with van der Waals surface area (Å²) in [5, 5.41) is 23.1. The summed E-state index contributed by atoms with van der Waals surface area (Å²) < 4.78 is 0. The molecule has 3 aromatic carbocycles. The van der Waals surface area contributed by atoms with Gasteiger partial charge < -0.3 is 20.4 Å². The summed E-state index contributed by atoms with van der Waals surface area (Å²) >= 11 is 0. The van der Waals surface area contributed by atoms with Crippen molar-refractivity contribution >= 4 is 11.6 Å². The summed E-state index contributed by atoms with van der Waals surface area (Å²) in [6, 6.07) is 22.5. The molecule has 1 aliphatic rings. The van der Waals surface area contributed by atoms with Crippen molar-refractivity contribution in [3.63, 3.8) is 0 Å². The maximum atomic E-state index is 13.1. The van der Waals surface area contributed by atoms with Crippen LogP contribution in [0.4, 0.5) is 5.69 Å². The van der Waals surface area contributed by atoms with Gasteiger partial charge in [-0.15, -0.1) is 0 Å². The van der Waals surface area contributed by atoms with Crippen LogP contribution in [0.15, 0.2) is 72.8 Å². The Morgan fingerprint density at radius 3 is 2.39 bits per heavy atom. The molecule has 1 heterocycles. The zero-order valence-electron chi connectivity index (χ0n) is 17.5. The molecule has 0 saturated carbocycles. The molecule has 31 heavy (non-hydrogen) atoms. The minimum absolute atomic E-state index is 0.000635. The summed E-state index contributed by atoms with van der Waals surface area (Å²) in [5.41, 5.74) is 3.35. The second-order valence-electron chi connectivity index (χ2n) is 8.18. The molecule has 1 aliphatic heterocycles. The third-order valence-electron chi connectivity index (χ3n) is 5.90. The topological polar surface area (TPSA) is 72.8 Å². The minimum atomic E-state index is -0.128. The van der Waals surface area contributed by atoms with Gasteiger partial charge in [0, 0.05) is 25.3 Å². The van der Waals surface area contributed by atoms with Crippen molar-refractivity contribution < 1.29 is 15.0 Å². The molecule has 0 radical (unpaired) electrons. The number of hydrogen-bond acceptors (Lipinski definition) is 4. The second-order valence-corrected chi connectivity index (χ2v) is 8.18. The molecule has 0 spiro atoms. The molecule has 3 N–H and O–H groups in total. The van der Waals surface area contributed by atoms with E-state index in [4.69, 9.17) is 0 Å². The van der Waals surface area contributed by atoms with E-state index in [9.17, 15) is 15.0 Å². The van der Waals surface area contributed by atoms with E-state index in [1.165, 1.54) is 5.56 Å². The van der Waals surface area contributed by atoms with E-state index in [0.29, 0.717) is 31.1 Å². The number of carbonyl (C=O) groups is 1. The molecule has 1 amide bonds. The van der Waals surface area contributed by atoms with Gasteiger partial charge in [0.25, 0.3) is 5.91 Å². The summed E-state index contributed by atoms with van der Waals surface area (Å²) in [7, 11) is 0. The average molecular weight is 417 g/mol. The number of amides is 1. The van der Waals surface area contributed by atoms with Crippen molar-refractivity contribution in [2.45, 2.75) is 25.8 Å². The Morgan fingerprint density at radius 2 is 1.65 bits per heavy atom. The molecule has 1 saturated heterocycles. The number of phenols is 2. The lowest BCUT2D eigenvalue weighted by Gasteiger charge is -2.32. The van der Waals surface area contributed by atoms with E-state index in [2.05, 4.69) is 29.6 Å². The molecule has 160 valence electrons. The van der Waals surface area contributed by atoms with Crippen molar-refractivity contribution in [3.8, 4) is 11.5 Å². The van der Waals surface area contributed by atoms with Crippen LogP contribution in [0.2, 0.25) is 0 Å². The Labute approximate surface area is 183 Å². The number of carbonyl (C=O) groups excluding carboxylic acids is 1. The zero-order chi connectivity index (χ0) is 21.6. The summed E-state index contributed by atoms with van der Waals surface area (Å²) in [6.07, 6.45) is 2.98. The van der Waals surface area contributed by atoms with E-state index in [1.807, 2.05) is 17.0 Å². The van der Waals surface area contributed by atoms with Gasteiger partial charge in [-0.25, -0.2) is 0 Å². The Kier molecular flexibility index (Phi) is 6.41. The van der Waals surface area contributed by atoms with Gasteiger partial charge in [-0.3, -0.25) is 4.79 Å². The second kappa shape index (κ2) is 9.56. The fourth-order valence-corrected chi connectivity index (χ4v) is 4.15. The molecule has 0 bridgehead atoms. The fraction of sp³-hybridized carbons (Fsp3) is 0.269. The van der Waals surface area contributed by atoms with Crippen molar-refractivity contribution in [2.24, 2.45) is 5.92 Å². The van der Waals surface area contributed by atoms with Gasteiger partial charge in [-0.1, -0.05) is 42.5 Å². The Bertz CT molecular complexity index is 1030. The predicted molar refractivity (Wildman–Crippen MR) is 122 cm³/mol. The number of hydrogen-bond donors (Lipinski definition) is 3. The minimum Gasteiger partial charge on any atom is -0.508 e. The van der Waals surface area contributed by atoms with Gasteiger partial charge in [0.2, 0.25) is 0 Å². The highest BCUT2D eigenvalue weighted by Crippen LogP contribution is 2.27. The van der Waals surface area contributed by atoms with Crippen LogP contribution in [0.1, 0.15) is 34.3 Å². The summed E-state index contributed by atoms with van der Waals surface area (Å²) in [5.74, 6) is 0.669. The number of phenolic OH excluding ortho intramolecular Hbond substituents is 2. The van der Waals surface area contributed by atoms with Crippen LogP contribution >= 0.6 is 0 Å². The molecule has 0 aromatic heterocycles. The van der Waals surface area contributed by atoms with E-state index >= 15 is 0 Å². The summed E-state index contributed by atoms with van der Waals surface area (Å²) in [6.45, 7) is 1.92. The van der Waals surface area contributed by atoms with Gasteiger partial charge in [0.1, 0.15) is 11.5 Å². The maximum Gasteiger partial charge on any atom is 0.257 e. The van der Waals surface area contributed by atoms with Crippen LogP contribution in [0.3, 0.4) is 0 Å². The first-order valence-electron chi connectivity index (χ1n) is 10.8. The number of likely N-dealkylation sites (tertiary alicyclic amines) is 1. The molecule has 0 atom stereocenters. The van der Waals surface area contributed by atoms with Gasteiger partial charge in [-0.05, 0) is 66.6 Å². The number of nitrogens with zero attached hydrogens (tertiary/aromatic N) is 1. The molecule has 3 aromatic rings. The third-order valence-corrected chi connectivity index (χ3v) is 5.90. The van der Waals surface area contributed by atoms with Gasteiger partial charge in [0.15, 0.2) is 0 Å². The van der Waals surface area contributed by atoms with Crippen molar-refractivity contribution in [3.05, 3.63) is 89.5 Å². The Balaban J connectivity index is 1.36. The molecule has 5 nitrogen and oxygen atoms in total. The molecule has 5 heteroatoms. The Hall–Kier alpha value is -3.47. The standard InChI is InChI=1S/C26H28N2O3/c29-23-8-4-7-21(16-23)18-27-22-9-10-25(30)24(17-22)26(31)28-13-11-20(12-14-28)15-19-5-2-1-3-6-19/h1-10,16-17,20,27,29-30H,11-15,18H2. The van der Waals surface area contributed by atoms with Gasteiger partial charge >= 0.3 is 0 Å². The van der Waals surface area contributed by atoms with Crippen LogP contribution < -0.4 is 5.32 Å². The van der Waals surface area contributed by atoms with Crippen molar-refractivity contribution in [2.75, 3.05) is 18.4 Å². The third kappa shape index (κ3) is 5.37. The highest BCUT2D eigenvalue weighted by atomic mass is 16.3. The van der Waals surface area contributed by atoms with E-state index in [1.54, 1.807) is 36.4 Å². The maximum absolute atomic E-state index is 13.1. The molecule has 1 fully saturated rings. The largest absolute Gasteiger partial charge is 0.508 e. The summed E-state index contributed by atoms with van der Waals surface area (Å²) in [4.78, 5) is 14.9. The molecule has 4 rings (SSSR count). The smallest absolute Gasteiger partial charge is 0.257 e. The van der Waals surface area contributed by atoms with Crippen LogP contribution in [-0.2, 0) is 13.0 Å². The van der Waals surface area contributed by atoms with Crippen LogP contribution in [-0.4, -0.2) is 34.1 Å².